The molecule has 16 heavy (non-hydrogen) atoms. The van der Waals surface area contributed by atoms with E-state index in [4.69, 9.17) is 0 Å². The summed E-state index contributed by atoms with van der Waals surface area (Å²) in [6, 6.07) is 3.98. The highest BCUT2D eigenvalue weighted by atomic mass is 79.9. The zero-order chi connectivity index (χ0) is 11.1. The molecule has 1 aromatic heterocycles. The van der Waals surface area contributed by atoms with Crippen molar-refractivity contribution in [2.24, 2.45) is 17.8 Å². The highest BCUT2D eigenvalue weighted by Gasteiger charge is 2.47. The summed E-state index contributed by atoms with van der Waals surface area (Å²) in [5.41, 5.74) is 0.997. The van der Waals surface area contributed by atoms with Crippen LogP contribution in [0.25, 0.3) is 0 Å². The summed E-state index contributed by atoms with van der Waals surface area (Å²) in [5, 5.41) is 10.2. The third kappa shape index (κ3) is 2.16. The van der Waals surface area contributed by atoms with E-state index in [0.717, 1.165) is 22.0 Å². The zero-order valence-electron chi connectivity index (χ0n) is 9.14. The van der Waals surface area contributed by atoms with Gasteiger partial charge in [-0.05, 0) is 65.1 Å². The van der Waals surface area contributed by atoms with Crippen molar-refractivity contribution < 1.29 is 5.11 Å². The largest absolute Gasteiger partial charge is 0.392 e. The van der Waals surface area contributed by atoms with Gasteiger partial charge < -0.3 is 5.11 Å². The summed E-state index contributed by atoms with van der Waals surface area (Å²) in [6.45, 7) is 0. The number of pyridine rings is 1. The Morgan fingerprint density at radius 1 is 1.31 bits per heavy atom. The van der Waals surface area contributed by atoms with Crippen molar-refractivity contribution in [3.63, 3.8) is 0 Å². The normalized spacial score (nSPS) is 33.5. The summed E-state index contributed by atoms with van der Waals surface area (Å²) in [4.78, 5) is 4.31. The second-order valence-electron chi connectivity index (χ2n) is 5.23. The quantitative estimate of drug-likeness (QED) is 0.924. The van der Waals surface area contributed by atoms with Crippen LogP contribution in [0.5, 0.6) is 0 Å². The lowest BCUT2D eigenvalue weighted by Gasteiger charge is -2.18. The highest BCUT2D eigenvalue weighted by Crippen LogP contribution is 2.55. The molecular formula is C13H16BrNO. The van der Waals surface area contributed by atoms with Crippen molar-refractivity contribution in [2.45, 2.75) is 31.8 Å². The van der Waals surface area contributed by atoms with Gasteiger partial charge in [-0.2, -0.15) is 0 Å². The van der Waals surface area contributed by atoms with E-state index in [1.807, 2.05) is 12.1 Å². The fourth-order valence-electron chi connectivity index (χ4n) is 2.98. The molecular weight excluding hydrogens is 266 g/mol. The van der Waals surface area contributed by atoms with Gasteiger partial charge in [-0.25, -0.2) is 0 Å². The Morgan fingerprint density at radius 2 is 2.06 bits per heavy atom. The van der Waals surface area contributed by atoms with E-state index < -0.39 is 0 Å². The molecule has 3 heteroatoms. The Morgan fingerprint density at radius 3 is 2.69 bits per heavy atom. The summed E-state index contributed by atoms with van der Waals surface area (Å²) in [6.07, 6.45) is 6.21. The maximum Gasteiger partial charge on any atom is 0.0623 e. The summed E-state index contributed by atoms with van der Waals surface area (Å²) < 4.78 is 0.993. The molecule has 0 amide bonds. The topological polar surface area (TPSA) is 33.1 Å². The second-order valence-corrected chi connectivity index (χ2v) is 6.14. The van der Waals surface area contributed by atoms with E-state index in [2.05, 4.69) is 20.9 Å². The average Bonchev–Trinajstić information content (AvgIpc) is 2.89. The number of rotatable bonds is 3. The highest BCUT2D eigenvalue weighted by molar-refractivity contribution is 9.10. The zero-order valence-corrected chi connectivity index (χ0v) is 10.7. The molecule has 0 radical (unpaired) electrons. The Bertz CT molecular complexity index is 368. The fourth-order valence-corrected chi connectivity index (χ4v) is 3.22. The maximum atomic E-state index is 10.2. The van der Waals surface area contributed by atoms with E-state index in [1.54, 1.807) is 6.20 Å². The fraction of sp³-hybridized carbons (Fsp3) is 0.615. The van der Waals surface area contributed by atoms with Crippen LogP contribution in [-0.4, -0.2) is 16.2 Å². The molecule has 1 aromatic rings. The Kier molecular flexibility index (Phi) is 2.76. The molecule has 1 heterocycles. The van der Waals surface area contributed by atoms with E-state index in [0.29, 0.717) is 12.3 Å². The van der Waals surface area contributed by atoms with Crippen molar-refractivity contribution in [3.05, 3.63) is 28.5 Å². The molecule has 3 unspecified atom stereocenters. The Hall–Kier alpha value is -0.410. The first kappa shape index (κ1) is 10.7. The summed E-state index contributed by atoms with van der Waals surface area (Å²) >= 11 is 3.37. The number of hydrogen-bond donors (Lipinski definition) is 1. The second kappa shape index (κ2) is 4.11. The van der Waals surface area contributed by atoms with Crippen LogP contribution >= 0.6 is 15.9 Å². The van der Waals surface area contributed by atoms with Crippen LogP contribution in [0, 0.1) is 17.8 Å². The third-order valence-corrected chi connectivity index (χ3v) is 4.50. The van der Waals surface area contributed by atoms with Gasteiger partial charge in [0, 0.05) is 22.8 Å². The molecule has 0 aliphatic heterocycles. The van der Waals surface area contributed by atoms with Gasteiger partial charge in [-0.3, -0.25) is 4.98 Å². The molecule has 2 aliphatic carbocycles. The van der Waals surface area contributed by atoms with Crippen LogP contribution in [0.4, 0.5) is 0 Å². The van der Waals surface area contributed by atoms with E-state index in [-0.39, 0.29) is 6.10 Å². The molecule has 2 aliphatic rings. The number of aromatic nitrogens is 1. The van der Waals surface area contributed by atoms with Crippen LogP contribution in [-0.2, 0) is 6.42 Å². The minimum Gasteiger partial charge on any atom is -0.392 e. The lowest BCUT2D eigenvalue weighted by atomic mass is 9.93. The number of aliphatic hydroxyl groups excluding tert-OH is 1. The molecule has 1 N–H and O–H groups in total. The minimum atomic E-state index is -0.193. The van der Waals surface area contributed by atoms with Crippen molar-refractivity contribution in [3.8, 4) is 0 Å². The molecule has 3 atom stereocenters. The predicted octanol–water partition coefficient (Wildman–Crippen LogP) is 2.79. The predicted molar refractivity (Wildman–Crippen MR) is 66.0 cm³/mol. The van der Waals surface area contributed by atoms with Crippen molar-refractivity contribution in [2.75, 3.05) is 0 Å². The first-order valence-corrected chi connectivity index (χ1v) is 6.80. The van der Waals surface area contributed by atoms with E-state index in [1.165, 1.54) is 19.3 Å². The van der Waals surface area contributed by atoms with Crippen molar-refractivity contribution in [1.82, 2.24) is 4.98 Å². The monoisotopic (exact) mass is 281 g/mol. The Balaban J connectivity index is 1.59. The van der Waals surface area contributed by atoms with Gasteiger partial charge in [0.05, 0.1) is 6.10 Å². The summed E-state index contributed by atoms with van der Waals surface area (Å²) in [5.74, 6) is 2.41. The smallest absolute Gasteiger partial charge is 0.0623 e. The number of halogens is 1. The number of aliphatic hydroxyl groups is 1. The first-order valence-electron chi connectivity index (χ1n) is 6.01. The molecule has 86 valence electrons. The van der Waals surface area contributed by atoms with Crippen molar-refractivity contribution in [1.29, 1.82) is 0 Å². The average molecular weight is 282 g/mol. The molecule has 3 rings (SSSR count). The molecule has 2 fully saturated rings. The van der Waals surface area contributed by atoms with Crippen LogP contribution in [0.3, 0.4) is 0 Å². The first-order chi connectivity index (χ1) is 7.72. The Labute approximate surface area is 104 Å². The van der Waals surface area contributed by atoms with Gasteiger partial charge in [0.1, 0.15) is 0 Å². The molecule has 0 aromatic carbocycles. The van der Waals surface area contributed by atoms with Gasteiger partial charge in [0.2, 0.25) is 0 Å². The number of nitrogens with zero attached hydrogens (tertiary/aromatic N) is 1. The van der Waals surface area contributed by atoms with Crippen molar-refractivity contribution >= 4 is 15.9 Å². The van der Waals surface area contributed by atoms with E-state index in [9.17, 15) is 5.11 Å². The molecule has 2 saturated carbocycles. The standard InChI is InChI=1S/C13H16BrNO/c14-11-1-2-12(15-7-11)6-13(16)10-4-8-3-9(8)5-10/h1-2,7-10,13,16H,3-6H2. The van der Waals surface area contributed by atoms with E-state index >= 15 is 0 Å². The number of fused-ring (bicyclic) bond motifs is 1. The molecule has 0 bridgehead atoms. The minimum absolute atomic E-state index is 0.193. The van der Waals surface area contributed by atoms with Gasteiger partial charge in [-0.15, -0.1) is 0 Å². The third-order valence-electron chi connectivity index (χ3n) is 4.03. The van der Waals surface area contributed by atoms with Gasteiger partial charge in [-0.1, -0.05) is 0 Å². The maximum absolute atomic E-state index is 10.2. The molecule has 0 saturated heterocycles. The van der Waals surface area contributed by atoms with Crippen LogP contribution < -0.4 is 0 Å². The number of hydrogen-bond acceptors (Lipinski definition) is 2. The van der Waals surface area contributed by atoms with Crippen LogP contribution in [0.15, 0.2) is 22.8 Å². The van der Waals surface area contributed by atoms with Gasteiger partial charge in [0.15, 0.2) is 0 Å². The van der Waals surface area contributed by atoms with Gasteiger partial charge in [0.25, 0.3) is 0 Å². The molecule has 0 spiro atoms. The SMILES string of the molecule is OC(Cc1ccc(Br)cn1)C1CC2CC2C1. The molecule has 2 nitrogen and oxygen atoms in total. The van der Waals surface area contributed by atoms with Crippen LogP contribution in [0.2, 0.25) is 0 Å². The lowest BCUT2D eigenvalue weighted by Crippen LogP contribution is -2.22. The van der Waals surface area contributed by atoms with Crippen LogP contribution in [0.1, 0.15) is 25.0 Å². The lowest BCUT2D eigenvalue weighted by molar-refractivity contribution is 0.103. The summed E-state index contributed by atoms with van der Waals surface area (Å²) in [7, 11) is 0. The van der Waals surface area contributed by atoms with Gasteiger partial charge >= 0.3 is 0 Å².